The molecule has 99 heavy (non-hydrogen) atoms. The SMILES string of the molecule is CC(C)(C)C(CCCCN(Cc1cn(CCOCCO[C@@H]2O[C@H](CO)[C@H](O)[C@H](O)[C@H]2N)nn1)Cc1cn(OCCO[C@H]2C[C@@H](O)[C@@H](O)[C@@H](CO)O2)nn1)N(Cc1cn(CCOCCO[C@H]2C[C@@H](O)[C@@H](O)[C@@H](CO)O2)nn1)Cc1cn(CCOCCO[C@@H]2O[C@H](CO)[C@H](O)[C@H](O)[C@H]2N)nn1. The van der Waals surface area contributed by atoms with Crippen molar-refractivity contribution in [3.8, 4) is 0 Å². The van der Waals surface area contributed by atoms with E-state index in [1.807, 2.05) is 18.6 Å². The highest BCUT2D eigenvalue weighted by Gasteiger charge is 2.45. The monoisotopic (exact) mass is 1420 g/mol. The van der Waals surface area contributed by atoms with Crippen LogP contribution in [0.3, 0.4) is 0 Å². The number of aliphatic hydroxyl groups excluding tert-OH is 12. The highest BCUT2D eigenvalue weighted by Crippen LogP contribution is 2.32. The third kappa shape index (κ3) is 24.5. The van der Waals surface area contributed by atoms with Gasteiger partial charge in [0.1, 0.15) is 73.3 Å². The van der Waals surface area contributed by atoms with Crippen molar-refractivity contribution in [1.29, 1.82) is 0 Å². The minimum Gasteiger partial charge on any atom is -0.394 e. The van der Waals surface area contributed by atoms with E-state index >= 15 is 0 Å². The van der Waals surface area contributed by atoms with Gasteiger partial charge in [0, 0.05) is 63.7 Å². The molecule has 0 bridgehead atoms. The molecule has 564 valence electrons. The van der Waals surface area contributed by atoms with Gasteiger partial charge in [0.05, 0.1) is 160 Å². The van der Waals surface area contributed by atoms with Crippen LogP contribution in [0.4, 0.5) is 0 Å². The highest BCUT2D eigenvalue weighted by molar-refractivity contribution is 5.01. The lowest BCUT2D eigenvalue weighted by Crippen LogP contribution is -2.62. The Morgan fingerprint density at radius 2 is 0.869 bits per heavy atom. The van der Waals surface area contributed by atoms with E-state index in [2.05, 4.69) is 71.8 Å². The first-order chi connectivity index (χ1) is 47.6. The molecule has 4 aromatic heterocycles. The molecule has 4 aliphatic rings. The molecular weight excluding hydrogens is 1320 g/mol. The number of aromatic nitrogens is 12. The van der Waals surface area contributed by atoms with Gasteiger partial charge in [-0.3, -0.25) is 9.80 Å². The lowest BCUT2D eigenvalue weighted by molar-refractivity contribution is -0.267. The smallest absolute Gasteiger partial charge is 0.175 e. The molecule has 0 amide bonds. The van der Waals surface area contributed by atoms with Gasteiger partial charge in [-0.1, -0.05) is 47.7 Å². The quantitative estimate of drug-likeness (QED) is 0.0183. The lowest BCUT2D eigenvalue weighted by atomic mass is 9.82. The van der Waals surface area contributed by atoms with Gasteiger partial charge in [-0.25, -0.2) is 14.0 Å². The molecule has 40 nitrogen and oxygen atoms in total. The van der Waals surface area contributed by atoms with Crippen LogP contribution in [0.2, 0.25) is 0 Å². The van der Waals surface area contributed by atoms with Gasteiger partial charge in [0.2, 0.25) is 0 Å². The summed E-state index contributed by atoms with van der Waals surface area (Å²) in [5.74, 6) is 0. The molecule has 0 aliphatic carbocycles. The van der Waals surface area contributed by atoms with Gasteiger partial charge >= 0.3 is 0 Å². The summed E-state index contributed by atoms with van der Waals surface area (Å²) in [6.07, 6.45) is -8.31. The summed E-state index contributed by atoms with van der Waals surface area (Å²) in [6.45, 7) is 9.45. The molecule has 0 aromatic carbocycles. The largest absolute Gasteiger partial charge is 0.394 e. The van der Waals surface area contributed by atoms with Gasteiger partial charge in [-0.05, 0) is 30.0 Å². The van der Waals surface area contributed by atoms with Crippen LogP contribution in [0.15, 0.2) is 24.8 Å². The third-order valence-corrected chi connectivity index (χ3v) is 17.3. The molecule has 1 unspecified atom stereocenters. The Morgan fingerprint density at radius 3 is 1.30 bits per heavy atom. The molecule has 16 N–H and O–H groups in total. The number of hydrogen-bond donors (Lipinski definition) is 14. The molecule has 19 atom stereocenters. The standard InChI is InChI=1S/C59H104N16O24/c1-59(2,3)46(71(26-38-29-73(67-63-38)9-11-88-14-17-91-47-22-40(80)51(82)42(32-76)96-47)27-39-30-74(68-64-39)10-13-90-16-19-94-58-50(61)56(87)54(85)45(35-79)99-58)6-4-5-7-70(25-37-31-75(69-65-37)95-21-20-92-48-23-41(81)52(83)43(33-77)97-48)24-36-28-72(66-62-36)8-12-89-15-18-93-57-49(60)55(86)53(84)44(34-78)98-57/h28-31,40-58,76-87H,4-27,32-35,60-61H2,1-3H3/t40-,41-,42-,43-,44-,45-,46?,47-,48-,49-,50-,51-,52-,53+,54+,55-,56-,57-,58-/m1/s1. The Labute approximate surface area is 571 Å². The minimum atomic E-state index is -1.35. The summed E-state index contributed by atoms with van der Waals surface area (Å²) in [7, 11) is 0. The second kappa shape index (κ2) is 40.4. The van der Waals surface area contributed by atoms with E-state index in [1.165, 1.54) is 4.85 Å². The molecular formula is C59H104N16O24. The summed E-state index contributed by atoms with van der Waals surface area (Å²) in [5, 5.41) is 155. The number of unbranched alkanes of at least 4 members (excludes halogenated alkanes) is 1. The van der Waals surface area contributed by atoms with Crippen LogP contribution < -0.4 is 16.3 Å². The van der Waals surface area contributed by atoms with Crippen LogP contribution in [0, 0.1) is 5.41 Å². The van der Waals surface area contributed by atoms with Crippen molar-refractivity contribution in [3.05, 3.63) is 47.6 Å². The molecule has 4 saturated heterocycles. The molecule has 40 heteroatoms. The second-order valence-electron chi connectivity index (χ2n) is 25.9. The third-order valence-electron chi connectivity index (χ3n) is 17.3. The van der Waals surface area contributed by atoms with Gasteiger partial charge in [0.15, 0.2) is 25.2 Å². The van der Waals surface area contributed by atoms with Crippen LogP contribution in [0.1, 0.15) is 75.7 Å². The number of aliphatic hydroxyl groups is 12. The summed E-state index contributed by atoms with van der Waals surface area (Å²) >= 11 is 0. The number of ether oxygens (including phenoxy) is 11. The Bertz CT molecular complexity index is 2860. The Kier molecular flexibility index (Phi) is 32.6. The highest BCUT2D eigenvalue weighted by atomic mass is 16.7. The topological polar surface area (TPSA) is 535 Å². The molecule has 4 aliphatic heterocycles. The van der Waals surface area contributed by atoms with E-state index in [0.717, 1.165) is 19.3 Å². The summed E-state index contributed by atoms with van der Waals surface area (Å²) in [5.41, 5.74) is 14.4. The summed E-state index contributed by atoms with van der Waals surface area (Å²) in [6, 6.07) is -2.10. The Hall–Kier alpha value is -4.72. The maximum Gasteiger partial charge on any atom is 0.175 e. The van der Waals surface area contributed by atoms with Crippen LogP contribution in [0.5, 0.6) is 0 Å². The molecule has 4 aromatic rings. The summed E-state index contributed by atoms with van der Waals surface area (Å²) < 4.78 is 67.4. The number of nitrogens with zero attached hydrogens (tertiary/aromatic N) is 14. The first kappa shape index (κ1) is 80.0. The Balaban J connectivity index is 0.878. The van der Waals surface area contributed by atoms with Crippen LogP contribution in [0.25, 0.3) is 0 Å². The maximum absolute atomic E-state index is 10.3. The average molecular weight is 1420 g/mol. The van der Waals surface area contributed by atoms with Crippen molar-refractivity contribution in [1.82, 2.24) is 69.9 Å². The van der Waals surface area contributed by atoms with E-state index in [-0.39, 0.29) is 97.0 Å². The van der Waals surface area contributed by atoms with E-state index < -0.39 is 137 Å². The van der Waals surface area contributed by atoms with Gasteiger partial charge in [0.25, 0.3) is 0 Å². The van der Waals surface area contributed by atoms with Crippen molar-refractivity contribution in [2.45, 2.75) is 215 Å². The predicted molar refractivity (Wildman–Crippen MR) is 334 cm³/mol. The number of rotatable bonds is 44. The predicted octanol–water partition coefficient (Wildman–Crippen LogP) is -7.92. The van der Waals surface area contributed by atoms with Crippen molar-refractivity contribution in [3.63, 3.8) is 0 Å². The fraction of sp³-hybridized carbons (Fsp3) is 0.864. The summed E-state index contributed by atoms with van der Waals surface area (Å²) in [4.78, 5) is 11.5. The van der Waals surface area contributed by atoms with E-state index in [9.17, 15) is 61.3 Å². The normalized spacial score (nSPS) is 29.7. The van der Waals surface area contributed by atoms with Crippen LogP contribution in [-0.4, -0.2) is 353 Å². The second-order valence-corrected chi connectivity index (χ2v) is 25.9. The van der Waals surface area contributed by atoms with Gasteiger partial charge in [-0.2, -0.15) is 0 Å². The molecule has 8 heterocycles. The van der Waals surface area contributed by atoms with E-state index in [4.69, 9.17) is 68.4 Å². The average Bonchev–Trinajstić information content (AvgIpc) is 1.28. The van der Waals surface area contributed by atoms with Crippen LogP contribution in [-0.2, 0) is 97.9 Å². The van der Waals surface area contributed by atoms with Crippen molar-refractivity contribution in [2.75, 3.05) is 106 Å². The van der Waals surface area contributed by atoms with Crippen molar-refractivity contribution in [2.24, 2.45) is 16.9 Å². The maximum atomic E-state index is 10.3. The molecule has 0 spiro atoms. The molecule has 0 saturated carbocycles. The first-order valence-electron chi connectivity index (χ1n) is 33.5. The number of hydrogen-bond acceptors (Lipinski definition) is 36. The van der Waals surface area contributed by atoms with Gasteiger partial charge in [-0.15, -0.1) is 20.4 Å². The zero-order valence-electron chi connectivity index (χ0n) is 56.3. The lowest BCUT2D eigenvalue weighted by Gasteiger charge is -2.40. The first-order valence-corrected chi connectivity index (χ1v) is 33.5. The Morgan fingerprint density at radius 1 is 0.475 bits per heavy atom. The zero-order chi connectivity index (χ0) is 71.0. The fourth-order valence-electron chi connectivity index (χ4n) is 11.8. The fourth-order valence-corrected chi connectivity index (χ4v) is 11.8. The zero-order valence-corrected chi connectivity index (χ0v) is 56.3. The molecule has 4 fully saturated rings. The molecule has 8 rings (SSSR count). The van der Waals surface area contributed by atoms with E-state index in [1.54, 1.807) is 20.2 Å². The number of nitrogens with two attached hydrogens (primary N) is 2. The van der Waals surface area contributed by atoms with E-state index in [0.29, 0.717) is 75.1 Å². The van der Waals surface area contributed by atoms with Crippen molar-refractivity contribution < 1.29 is 118 Å². The van der Waals surface area contributed by atoms with Gasteiger partial charge < -0.3 is 130 Å². The molecule has 0 radical (unpaired) electrons. The van der Waals surface area contributed by atoms with Crippen molar-refractivity contribution >= 4 is 0 Å². The minimum absolute atomic E-state index is 0.0119. The van der Waals surface area contributed by atoms with Crippen LogP contribution >= 0.6 is 0 Å².